The Morgan fingerprint density at radius 1 is 1.40 bits per heavy atom. The van der Waals surface area contributed by atoms with Crippen molar-refractivity contribution in [3.63, 3.8) is 0 Å². The molecule has 0 spiro atoms. The zero-order chi connectivity index (χ0) is 10.8. The third-order valence-corrected chi connectivity index (χ3v) is 3.20. The van der Waals surface area contributed by atoms with Crippen molar-refractivity contribution in [2.45, 2.75) is 0 Å². The number of fused-ring (bicyclic) bond motifs is 1. The van der Waals surface area contributed by atoms with Gasteiger partial charge in [-0.3, -0.25) is 0 Å². The second kappa shape index (κ2) is 3.87. The minimum Gasteiger partial charge on any atom is -0.465 e. The van der Waals surface area contributed by atoms with Gasteiger partial charge in [0, 0.05) is 21.0 Å². The van der Waals surface area contributed by atoms with E-state index in [1.165, 1.54) is 7.11 Å². The largest absolute Gasteiger partial charge is 0.465 e. The van der Waals surface area contributed by atoms with E-state index in [1.807, 2.05) is 29.6 Å². The third kappa shape index (κ3) is 1.66. The van der Waals surface area contributed by atoms with Crippen molar-refractivity contribution < 1.29 is 9.53 Å². The highest BCUT2D eigenvalue weighted by molar-refractivity contribution is 7.17. The summed E-state index contributed by atoms with van der Waals surface area (Å²) in [5.41, 5.74) is 1.28. The molecule has 0 saturated carbocycles. The molecule has 3 heteroatoms. The summed E-state index contributed by atoms with van der Waals surface area (Å²) in [6.07, 6.45) is 0. The number of methoxy groups -OCH3 is 1. The molecular weight excluding hydrogens is 208 g/mol. The lowest BCUT2D eigenvalue weighted by atomic mass is 10.1. The van der Waals surface area contributed by atoms with E-state index in [0.29, 0.717) is 5.57 Å². The third-order valence-electron chi connectivity index (χ3n) is 2.24. The van der Waals surface area contributed by atoms with Crippen LogP contribution < -0.4 is 0 Å². The second-order valence-corrected chi connectivity index (χ2v) is 4.03. The van der Waals surface area contributed by atoms with Crippen molar-refractivity contribution in [3.8, 4) is 0 Å². The average Bonchev–Trinajstić information content (AvgIpc) is 2.70. The fraction of sp³-hybridized carbons (Fsp3) is 0.0833. The molecule has 76 valence electrons. The minimum atomic E-state index is -0.376. The van der Waals surface area contributed by atoms with Crippen molar-refractivity contribution in [1.82, 2.24) is 0 Å². The normalized spacial score (nSPS) is 10.2. The van der Waals surface area contributed by atoms with Gasteiger partial charge in [0.05, 0.1) is 12.7 Å². The first-order chi connectivity index (χ1) is 7.24. The van der Waals surface area contributed by atoms with E-state index in [0.717, 1.165) is 15.6 Å². The lowest BCUT2D eigenvalue weighted by molar-refractivity contribution is -0.133. The Bertz CT molecular complexity index is 525. The van der Waals surface area contributed by atoms with E-state index in [-0.39, 0.29) is 5.97 Å². The molecule has 0 N–H and O–H groups in total. The molecule has 0 aliphatic heterocycles. The van der Waals surface area contributed by atoms with Gasteiger partial charge in [0.15, 0.2) is 0 Å². The number of hydrogen-bond acceptors (Lipinski definition) is 3. The lowest BCUT2D eigenvalue weighted by Crippen LogP contribution is -2.01. The fourth-order valence-electron chi connectivity index (χ4n) is 1.44. The quantitative estimate of drug-likeness (QED) is 0.572. The molecule has 2 nitrogen and oxygen atoms in total. The Kier molecular flexibility index (Phi) is 2.56. The minimum absolute atomic E-state index is 0.376. The van der Waals surface area contributed by atoms with Crippen LogP contribution in [0, 0.1) is 0 Å². The summed E-state index contributed by atoms with van der Waals surface area (Å²) in [7, 11) is 1.36. The van der Waals surface area contributed by atoms with Gasteiger partial charge in [-0.05, 0) is 6.07 Å². The van der Waals surface area contributed by atoms with Crippen molar-refractivity contribution in [1.29, 1.82) is 0 Å². The van der Waals surface area contributed by atoms with Crippen molar-refractivity contribution in [3.05, 3.63) is 41.8 Å². The highest BCUT2D eigenvalue weighted by Gasteiger charge is 2.13. The Balaban J connectivity index is 2.53. The molecule has 2 aromatic rings. The number of carbonyl (C=O) groups is 1. The van der Waals surface area contributed by atoms with E-state index in [2.05, 4.69) is 11.3 Å². The van der Waals surface area contributed by atoms with E-state index >= 15 is 0 Å². The molecule has 0 radical (unpaired) electrons. The van der Waals surface area contributed by atoms with E-state index in [9.17, 15) is 4.79 Å². The zero-order valence-electron chi connectivity index (χ0n) is 8.32. The summed E-state index contributed by atoms with van der Waals surface area (Å²) in [6, 6.07) is 7.93. The van der Waals surface area contributed by atoms with Crippen LogP contribution in [0.1, 0.15) is 5.56 Å². The Morgan fingerprint density at radius 3 is 2.87 bits per heavy atom. The van der Waals surface area contributed by atoms with Crippen molar-refractivity contribution >= 4 is 33.0 Å². The molecule has 2 rings (SSSR count). The van der Waals surface area contributed by atoms with E-state index < -0.39 is 0 Å². The number of ether oxygens (including phenoxy) is 1. The van der Waals surface area contributed by atoms with Gasteiger partial charge in [-0.1, -0.05) is 24.8 Å². The average molecular weight is 218 g/mol. The van der Waals surface area contributed by atoms with Crippen LogP contribution in [0.25, 0.3) is 15.7 Å². The maximum absolute atomic E-state index is 11.3. The second-order valence-electron chi connectivity index (χ2n) is 3.12. The molecule has 0 saturated heterocycles. The number of thiophene rings is 1. The lowest BCUT2D eigenvalue weighted by Gasteiger charge is -2.01. The number of esters is 1. The summed E-state index contributed by atoms with van der Waals surface area (Å²) in [5, 5.41) is 2.99. The molecule has 1 heterocycles. The Morgan fingerprint density at radius 2 is 2.13 bits per heavy atom. The number of benzene rings is 1. The van der Waals surface area contributed by atoms with Crippen LogP contribution in [0.15, 0.2) is 36.2 Å². The topological polar surface area (TPSA) is 26.3 Å². The van der Waals surface area contributed by atoms with Gasteiger partial charge >= 0.3 is 5.97 Å². The van der Waals surface area contributed by atoms with Crippen LogP contribution in [-0.4, -0.2) is 13.1 Å². The first kappa shape index (κ1) is 9.93. The van der Waals surface area contributed by atoms with Gasteiger partial charge in [0.25, 0.3) is 0 Å². The number of hydrogen-bond donors (Lipinski definition) is 0. The SMILES string of the molecule is C=C(C(=O)OC)c1csc2ccccc12. The van der Waals surface area contributed by atoms with Crippen LogP contribution in [0.4, 0.5) is 0 Å². The molecule has 0 aliphatic carbocycles. The Hall–Kier alpha value is -1.61. The van der Waals surface area contributed by atoms with Crippen molar-refractivity contribution in [2.75, 3.05) is 7.11 Å². The molecule has 0 amide bonds. The van der Waals surface area contributed by atoms with Gasteiger partial charge in [0.2, 0.25) is 0 Å². The smallest absolute Gasteiger partial charge is 0.337 e. The molecular formula is C12H10O2S. The summed E-state index contributed by atoms with van der Waals surface area (Å²) in [5.74, 6) is -0.376. The number of carbonyl (C=O) groups excluding carboxylic acids is 1. The molecule has 15 heavy (non-hydrogen) atoms. The highest BCUT2D eigenvalue weighted by atomic mass is 32.1. The fourth-order valence-corrected chi connectivity index (χ4v) is 2.42. The molecule has 1 aromatic carbocycles. The molecule has 0 atom stereocenters. The van der Waals surface area contributed by atoms with E-state index in [1.54, 1.807) is 11.3 Å². The first-order valence-corrected chi connectivity index (χ1v) is 5.36. The van der Waals surface area contributed by atoms with Crippen LogP contribution in [-0.2, 0) is 9.53 Å². The van der Waals surface area contributed by atoms with Gasteiger partial charge in [0.1, 0.15) is 0 Å². The van der Waals surface area contributed by atoms with Crippen LogP contribution >= 0.6 is 11.3 Å². The van der Waals surface area contributed by atoms with E-state index in [4.69, 9.17) is 0 Å². The zero-order valence-corrected chi connectivity index (χ0v) is 9.14. The summed E-state index contributed by atoms with van der Waals surface area (Å²) < 4.78 is 5.80. The molecule has 0 unspecified atom stereocenters. The maximum atomic E-state index is 11.3. The summed E-state index contributed by atoms with van der Waals surface area (Å²) in [4.78, 5) is 11.3. The van der Waals surface area contributed by atoms with Crippen LogP contribution in [0.2, 0.25) is 0 Å². The van der Waals surface area contributed by atoms with Gasteiger partial charge < -0.3 is 4.74 Å². The van der Waals surface area contributed by atoms with Crippen LogP contribution in [0.3, 0.4) is 0 Å². The number of rotatable bonds is 2. The summed E-state index contributed by atoms with van der Waals surface area (Å²) >= 11 is 1.60. The predicted octanol–water partition coefficient (Wildman–Crippen LogP) is 3.09. The van der Waals surface area contributed by atoms with Gasteiger partial charge in [-0.25, -0.2) is 4.79 Å². The molecule has 0 fully saturated rings. The molecule has 1 aromatic heterocycles. The standard InChI is InChI=1S/C12H10O2S/c1-8(12(13)14-2)10-7-15-11-6-4-3-5-9(10)11/h3-7H,1H2,2H3. The highest BCUT2D eigenvalue weighted by Crippen LogP contribution is 2.30. The van der Waals surface area contributed by atoms with Crippen molar-refractivity contribution in [2.24, 2.45) is 0 Å². The first-order valence-electron chi connectivity index (χ1n) is 4.48. The van der Waals surface area contributed by atoms with Crippen LogP contribution in [0.5, 0.6) is 0 Å². The Labute approximate surface area is 91.8 Å². The predicted molar refractivity (Wildman–Crippen MR) is 62.9 cm³/mol. The van der Waals surface area contributed by atoms with Gasteiger partial charge in [-0.15, -0.1) is 11.3 Å². The maximum Gasteiger partial charge on any atom is 0.337 e. The summed E-state index contributed by atoms with van der Waals surface area (Å²) in [6.45, 7) is 3.75. The van der Waals surface area contributed by atoms with Gasteiger partial charge in [-0.2, -0.15) is 0 Å². The molecule has 0 bridgehead atoms. The molecule has 0 aliphatic rings. The monoisotopic (exact) mass is 218 g/mol.